The second kappa shape index (κ2) is 7.47. The van der Waals surface area contributed by atoms with Gasteiger partial charge in [-0.25, -0.2) is 9.66 Å². The lowest BCUT2D eigenvalue weighted by atomic mass is 10.1. The van der Waals surface area contributed by atoms with Crippen LogP contribution < -0.4 is 11.4 Å². The van der Waals surface area contributed by atoms with Crippen LogP contribution in [0.5, 0.6) is 0 Å². The molecule has 0 bridgehead atoms. The van der Waals surface area contributed by atoms with Gasteiger partial charge in [0, 0.05) is 16.5 Å². The number of aromatic nitrogens is 5. The molecular weight excluding hydrogens is 420 g/mol. The highest BCUT2D eigenvalue weighted by Gasteiger charge is 2.16. The number of nitrogens with zero attached hydrogens (tertiary/aromatic N) is 4. The van der Waals surface area contributed by atoms with Crippen LogP contribution in [-0.2, 0) is 5.75 Å². The molecule has 4 aromatic heterocycles. The van der Waals surface area contributed by atoms with Crippen LogP contribution >= 0.6 is 23.1 Å². The molecule has 3 N–H and O–H groups in total. The minimum absolute atomic E-state index is 0.196. The van der Waals surface area contributed by atoms with Crippen molar-refractivity contribution in [1.29, 1.82) is 0 Å². The predicted octanol–water partition coefficient (Wildman–Crippen LogP) is 3.82. The van der Waals surface area contributed by atoms with E-state index in [1.54, 1.807) is 12.3 Å². The van der Waals surface area contributed by atoms with Crippen LogP contribution in [0.1, 0.15) is 11.4 Å². The summed E-state index contributed by atoms with van der Waals surface area (Å²) < 4.78 is 6.88. The van der Waals surface area contributed by atoms with Gasteiger partial charge in [-0.1, -0.05) is 41.6 Å². The number of furan rings is 1. The van der Waals surface area contributed by atoms with E-state index >= 15 is 0 Å². The smallest absolute Gasteiger partial charge is 0.260 e. The lowest BCUT2D eigenvalue weighted by molar-refractivity contribution is 0.583. The van der Waals surface area contributed by atoms with Crippen molar-refractivity contribution in [2.45, 2.75) is 17.8 Å². The maximum Gasteiger partial charge on any atom is 0.260 e. The molecule has 5 aromatic rings. The summed E-state index contributed by atoms with van der Waals surface area (Å²) in [4.78, 5) is 20.8. The first-order valence-electron chi connectivity index (χ1n) is 9.05. The number of H-pyrrole nitrogens is 1. The Kier molecular flexibility index (Phi) is 4.64. The van der Waals surface area contributed by atoms with E-state index in [1.165, 1.54) is 27.8 Å². The fourth-order valence-corrected chi connectivity index (χ4v) is 4.76. The number of nitrogen functional groups attached to an aromatic ring is 1. The maximum atomic E-state index is 12.7. The number of fused-ring (bicyclic) bond motifs is 1. The molecule has 8 nitrogen and oxygen atoms in total. The number of aryl methyl sites for hydroxylation is 1. The normalized spacial score (nSPS) is 11.4. The Balaban J connectivity index is 1.39. The lowest BCUT2D eigenvalue weighted by Gasteiger charge is -2.04. The second-order valence-corrected chi connectivity index (χ2v) is 8.45. The molecule has 0 saturated heterocycles. The summed E-state index contributed by atoms with van der Waals surface area (Å²) in [5, 5.41) is 11.3. The highest BCUT2D eigenvalue weighted by molar-refractivity contribution is 7.98. The Morgan fingerprint density at radius 3 is 2.83 bits per heavy atom. The summed E-state index contributed by atoms with van der Waals surface area (Å²) in [6.07, 6.45) is 1.58. The average Bonchev–Trinajstić information content (AvgIpc) is 3.47. The predicted molar refractivity (Wildman–Crippen MR) is 118 cm³/mol. The van der Waals surface area contributed by atoms with Gasteiger partial charge in [-0.2, -0.15) is 0 Å². The number of nitrogens with one attached hydrogen (secondary N) is 1. The Labute approximate surface area is 178 Å². The summed E-state index contributed by atoms with van der Waals surface area (Å²) in [6, 6.07) is 11.5. The van der Waals surface area contributed by atoms with Crippen molar-refractivity contribution in [3.63, 3.8) is 0 Å². The van der Waals surface area contributed by atoms with Crippen molar-refractivity contribution in [3.05, 3.63) is 69.8 Å². The summed E-state index contributed by atoms with van der Waals surface area (Å²) in [7, 11) is 0. The molecule has 30 heavy (non-hydrogen) atoms. The first kappa shape index (κ1) is 18.6. The number of hydrogen-bond acceptors (Lipinski definition) is 8. The van der Waals surface area contributed by atoms with Gasteiger partial charge in [-0.15, -0.1) is 21.5 Å². The fraction of sp³-hybridized carbons (Fsp3) is 0.100. The molecule has 0 radical (unpaired) electrons. The van der Waals surface area contributed by atoms with E-state index < -0.39 is 0 Å². The monoisotopic (exact) mass is 436 g/mol. The molecule has 0 aliphatic carbocycles. The number of nitrogens with two attached hydrogens (primary N) is 1. The summed E-state index contributed by atoms with van der Waals surface area (Å²) in [5.74, 6) is 8.37. The number of aromatic amines is 1. The standard InChI is InChI=1S/C20H16N6O2S2/c1-11-4-6-12(7-5-11)17-24-25-20(26(17)21)30-10-15-22-18(27)16-13(9-29-19(16)23-15)14-3-2-8-28-14/h2-9H,10,21H2,1H3,(H,22,23,27). The quantitative estimate of drug-likeness (QED) is 0.318. The number of hydrogen-bond donors (Lipinski definition) is 2. The largest absolute Gasteiger partial charge is 0.464 e. The Morgan fingerprint density at radius 2 is 2.07 bits per heavy atom. The highest BCUT2D eigenvalue weighted by Crippen LogP contribution is 2.31. The molecule has 0 aliphatic rings. The first-order valence-corrected chi connectivity index (χ1v) is 10.9. The van der Waals surface area contributed by atoms with Gasteiger partial charge in [0.05, 0.1) is 17.4 Å². The molecule has 150 valence electrons. The zero-order valence-corrected chi connectivity index (χ0v) is 17.5. The van der Waals surface area contributed by atoms with Crippen LogP contribution in [0, 0.1) is 6.92 Å². The van der Waals surface area contributed by atoms with Gasteiger partial charge in [-0.05, 0) is 19.1 Å². The summed E-state index contributed by atoms with van der Waals surface area (Å²) in [6.45, 7) is 2.02. The van der Waals surface area contributed by atoms with Gasteiger partial charge in [0.1, 0.15) is 16.4 Å². The van der Waals surface area contributed by atoms with Gasteiger partial charge in [0.15, 0.2) is 5.82 Å². The molecule has 0 fully saturated rings. The zero-order chi connectivity index (χ0) is 20.7. The summed E-state index contributed by atoms with van der Waals surface area (Å²) in [5.41, 5.74) is 2.60. The molecule has 1 aromatic carbocycles. The highest BCUT2D eigenvalue weighted by atomic mass is 32.2. The molecular formula is C20H16N6O2S2. The van der Waals surface area contributed by atoms with Gasteiger partial charge < -0.3 is 15.2 Å². The number of benzene rings is 1. The van der Waals surface area contributed by atoms with Crippen molar-refractivity contribution >= 4 is 33.3 Å². The van der Waals surface area contributed by atoms with Crippen molar-refractivity contribution in [2.75, 3.05) is 5.84 Å². The van der Waals surface area contributed by atoms with E-state index in [0.29, 0.717) is 38.5 Å². The molecule has 0 atom stereocenters. The van der Waals surface area contributed by atoms with E-state index in [-0.39, 0.29) is 5.56 Å². The number of thioether (sulfide) groups is 1. The van der Waals surface area contributed by atoms with Crippen LogP contribution in [0.4, 0.5) is 0 Å². The minimum atomic E-state index is -0.196. The molecule has 0 amide bonds. The van der Waals surface area contributed by atoms with Crippen LogP contribution in [-0.4, -0.2) is 24.8 Å². The van der Waals surface area contributed by atoms with Gasteiger partial charge >= 0.3 is 0 Å². The molecule has 5 rings (SSSR count). The van der Waals surface area contributed by atoms with E-state index in [0.717, 1.165) is 16.7 Å². The number of thiophene rings is 1. The van der Waals surface area contributed by atoms with Crippen LogP contribution in [0.15, 0.2) is 62.4 Å². The minimum Gasteiger partial charge on any atom is -0.464 e. The first-order chi connectivity index (χ1) is 14.6. The van der Waals surface area contributed by atoms with Crippen molar-refractivity contribution in [1.82, 2.24) is 24.8 Å². The van der Waals surface area contributed by atoms with Crippen LogP contribution in [0.3, 0.4) is 0 Å². The zero-order valence-electron chi connectivity index (χ0n) is 15.8. The summed E-state index contributed by atoms with van der Waals surface area (Å²) >= 11 is 2.77. The van der Waals surface area contributed by atoms with Gasteiger partial charge in [0.2, 0.25) is 5.16 Å². The van der Waals surface area contributed by atoms with Gasteiger partial charge in [0.25, 0.3) is 5.56 Å². The lowest BCUT2D eigenvalue weighted by Crippen LogP contribution is -2.13. The van der Waals surface area contributed by atoms with E-state index in [1.807, 2.05) is 42.6 Å². The molecule has 0 aliphatic heterocycles. The second-order valence-electron chi connectivity index (χ2n) is 6.65. The van der Waals surface area contributed by atoms with E-state index in [2.05, 4.69) is 20.2 Å². The molecule has 0 spiro atoms. The van der Waals surface area contributed by atoms with Crippen LogP contribution in [0.2, 0.25) is 0 Å². The Bertz CT molecular complexity index is 1380. The molecule has 10 heteroatoms. The third kappa shape index (κ3) is 3.29. The molecule has 0 unspecified atom stereocenters. The van der Waals surface area contributed by atoms with Crippen molar-refractivity contribution in [2.24, 2.45) is 0 Å². The molecule has 0 saturated carbocycles. The fourth-order valence-electron chi connectivity index (χ4n) is 3.08. The SMILES string of the molecule is Cc1ccc(-c2nnc(SCc3nc4scc(-c5ccco5)c4c(=O)[nH]3)n2N)cc1. The third-order valence-corrected chi connectivity index (χ3v) is 6.42. The van der Waals surface area contributed by atoms with E-state index in [9.17, 15) is 4.79 Å². The third-order valence-electron chi connectivity index (χ3n) is 4.59. The topological polar surface area (TPSA) is 116 Å². The maximum absolute atomic E-state index is 12.7. The van der Waals surface area contributed by atoms with Crippen LogP contribution in [0.25, 0.3) is 32.9 Å². The van der Waals surface area contributed by atoms with Crippen molar-refractivity contribution in [3.8, 4) is 22.7 Å². The Hall–Kier alpha value is -3.37. The van der Waals surface area contributed by atoms with Crippen molar-refractivity contribution < 1.29 is 4.42 Å². The van der Waals surface area contributed by atoms with Gasteiger partial charge in [-0.3, -0.25) is 4.79 Å². The number of rotatable bonds is 5. The average molecular weight is 437 g/mol. The van der Waals surface area contributed by atoms with E-state index in [4.69, 9.17) is 10.3 Å². The Morgan fingerprint density at radius 1 is 1.23 bits per heavy atom. The molecule has 4 heterocycles.